The van der Waals surface area contributed by atoms with Crippen LogP contribution < -0.4 is 0 Å². The van der Waals surface area contributed by atoms with E-state index >= 15 is 0 Å². The maximum Gasteiger partial charge on any atom is 0.306 e. The minimum Gasteiger partial charge on any atom is -0.462 e. The number of ether oxygens (including phenoxy) is 3. The number of carbonyl (C=O) groups is 3. The van der Waals surface area contributed by atoms with Crippen LogP contribution in [0.4, 0.5) is 0 Å². The Morgan fingerprint density at radius 1 is 0.323 bits per heavy atom. The Labute approximate surface area is 403 Å². The number of hydrogen-bond donors (Lipinski definition) is 0. The monoisotopic (exact) mass is 911 g/mol. The summed E-state index contributed by atoms with van der Waals surface area (Å²) in [5.41, 5.74) is 0. The molecule has 0 aliphatic carbocycles. The Bertz CT molecular complexity index is 1140. The predicted octanol–water partition coefficient (Wildman–Crippen LogP) is 18.7. The van der Waals surface area contributed by atoms with Crippen molar-refractivity contribution in [1.29, 1.82) is 0 Å². The first-order valence-electron chi connectivity index (χ1n) is 28.1. The smallest absolute Gasteiger partial charge is 0.306 e. The first-order valence-corrected chi connectivity index (χ1v) is 28.1. The highest BCUT2D eigenvalue weighted by molar-refractivity contribution is 5.71. The van der Waals surface area contributed by atoms with Gasteiger partial charge in [0.1, 0.15) is 13.2 Å². The molecule has 0 N–H and O–H groups in total. The van der Waals surface area contributed by atoms with Crippen LogP contribution in [0.15, 0.2) is 48.6 Å². The summed E-state index contributed by atoms with van der Waals surface area (Å²) in [6, 6.07) is 0. The van der Waals surface area contributed by atoms with Crippen LogP contribution in [0.2, 0.25) is 0 Å². The molecule has 0 radical (unpaired) electrons. The molecule has 0 saturated carbocycles. The largest absolute Gasteiger partial charge is 0.462 e. The zero-order valence-electron chi connectivity index (χ0n) is 43.3. The van der Waals surface area contributed by atoms with Gasteiger partial charge in [0.25, 0.3) is 0 Å². The van der Waals surface area contributed by atoms with Crippen LogP contribution in [0.1, 0.15) is 290 Å². The van der Waals surface area contributed by atoms with Crippen molar-refractivity contribution in [2.45, 2.75) is 297 Å². The molecule has 1 atom stereocenters. The van der Waals surface area contributed by atoms with Gasteiger partial charge in [0.05, 0.1) is 0 Å². The lowest BCUT2D eigenvalue weighted by Crippen LogP contribution is -2.30. The third-order valence-electron chi connectivity index (χ3n) is 12.3. The molecule has 0 bridgehead atoms. The van der Waals surface area contributed by atoms with E-state index in [1.165, 1.54) is 154 Å². The lowest BCUT2D eigenvalue weighted by molar-refractivity contribution is -0.167. The van der Waals surface area contributed by atoms with Gasteiger partial charge in [-0.15, -0.1) is 0 Å². The molecule has 0 aromatic rings. The quantitative estimate of drug-likeness (QED) is 0.0262. The van der Waals surface area contributed by atoms with Gasteiger partial charge in [0.2, 0.25) is 0 Å². The molecule has 1 unspecified atom stereocenters. The van der Waals surface area contributed by atoms with Gasteiger partial charge < -0.3 is 14.2 Å². The summed E-state index contributed by atoms with van der Waals surface area (Å²) in [6.07, 6.45) is 65.2. The average molecular weight is 911 g/mol. The molecular formula is C59H106O6. The molecule has 0 rings (SSSR count). The van der Waals surface area contributed by atoms with Gasteiger partial charge >= 0.3 is 17.9 Å². The number of allylic oxidation sites excluding steroid dienone is 8. The van der Waals surface area contributed by atoms with E-state index in [1.54, 1.807) is 0 Å². The summed E-state index contributed by atoms with van der Waals surface area (Å²) in [5, 5.41) is 0. The SMILES string of the molecule is CC/C=C\C/C=C\C/C=C\CCCCCCCC(=O)OC(COC(=O)CCCCCCCCC/C=C\CCCCCCCC)COC(=O)CCCCCCCCCCCCCCCCC. The molecule has 0 saturated heterocycles. The van der Waals surface area contributed by atoms with Gasteiger partial charge in [-0.1, -0.05) is 243 Å². The van der Waals surface area contributed by atoms with Gasteiger partial charge in [-0.05, 0) is 77.0 Å². The summed E-state index contributed by atoms with van der Waals surface area (Å²) < 4.78 is 16.8. The van der Waals surface area contributed by atoms with Crippen molar-refractivity contribution in [2.24, 2.45) is 0 Å². The second kappa shape index (κ2) is 54.0. The Morgan fingerprint density at radius 3 is 0.954 bits per heavy atom. The molecule has 0 aromatic carbocycles. The summed E-state index contributed by atoms with van der Waals surface area (Å²) >= 11 is 0. The van der Waals surface area contributed by atoms with Gasteiger partial charge in [0.15, 0.2) is 6.10 Å². The lowest BCUT2D eigenvalue weighted by Gasteiger charge is -2.18. The molecular weight excluding hydrogens is 805 g/mol. The fraction of sp³-hybridized carbons (Fsp3) is 0.814. The molecule has 65 heavy (non-hydrogen) atoms. The van der Waals surface area contributed by atoms with Crippen molar-refractivity contribution in [1.82, 2.24) is 0 Å². The molecule has 6 nitrogen and oxygen atoms in total. The molecule has 0 heterocycles. The van der Waals surface area contributed by atoms with Crippen LogP contribution >= 0.6 is 0 Å². The minimum absolute atomic E-state index is 0.0786. The summed E-state index contributed by atoms with van der Waals surface area (Å²) in [7, 11) is 0. The Hall–Kier alpha value is -2.63. The highest BCUT2D eigenvalue weighted by Crippen LogP contribution is 2.16. The Balaban J connectivity index is 4.38. The number of unbranched alkanes of at least 4 members (excludes halogenated alkanes) is 32. The van der Waals surface area contributed by atoms with E-state index in [1.807, 2.05) is 0 Å². The Morgan fingerprint density at radius 2 is 0.600 bits per heavy atom. The average Bonchev–Trinajstić information content (AvgIpc) is 3.30. The van der Waals surface area contributed by atoms with E-state index in [4.69, 9.17) is 14.2 Å². The fourth-order valence-corrected chi connectivity index (χ4v) is 8.10. The van der Waals surface area contributed by atoms with Crippen molar-refractivity contribution in [3.8, 4) is 0 Å². The van der Waals surface area contributed by atoms with Gasteiger partial charge in [-0.25, -0.2) is 0 Å². The summed E-state index contributed by atoms with van der Waals surface area (Å²) in [6.45, 7) is 6.54. The normalized spacial score (nSPS) is 12.4. The molecule has 378 valence electrons. The second-order valence-corrected chi connectivity index (χ2v) is 18.8. The van der Waals surface area contributed by atoms with Crippen molar-refractivity contribution in [3.63, 3.8) is 0 Å². The molecule has 0 aliphatic heterocycles. The van der Waals surface area contributed by atoms with Crippen molar-refractivity contribution >= 4 is 17.9 Å². The summed E-state index contributed by atoms with van der Waals surface area (Å²) in [4.78, 5) is 38.1. The van der Waals surface area contributed by atoms with E-state index in [0.717, 1.165) is 96.3 Å². The van der Waals surface area contributed by atoms with Crippen LogP contribution in [0.3, 0.4) is 0 Å². The van der Waals surface area contributed by atoms with E-state index in [2.05, 4.69) is 69.4 Å². The van der Waals surface area contributed by atoms with Crippen molar-refractivity contribution in [3.05, 3.63) is 48.6 Å². The first kappa shape index (κ1) is 62.4. The van der Waals surface area contributed by atoms with Crippen LogP contribution in [0.5, 0.6) is 0 Å². The fourth-order valence-electron chi connectivity index (χ4n) is 8.10. The standard InChI is InChI=1S/C59H106O6/c1-4-7-10-13-16-19-22-25-28-29-32-34-37-40-43-46-49-52-58(61)64-55-56(65-59(62)53-50-47-44-41-38-35-31-27-24-21-18-15-12-9-6-3)54-63-57(60)51-48-45-42-39-36-33-30-26-23-20-17-14-11-8-5-2/h9,12,18,21,25,27-28,31,56H,4-8,10-11,13-17,19-20,22-24,26,29-30,32-55H2,1-3H3/b12-9-,21-18-,28-25-,31-27-. The third-order valence-corrected chi connectivity index (χ3v) is 12.3. The van der Waals surface area contributed by atoms with Crippen LogP contribution in [-0.4, -0.2) is 37.2 Å². The zero-order valence-corrected chi connectivity index (χ0v) is 43.3. The molecule has 0 fully saturated rings. The number of hydrogen-bond acceptors (Lipinski definition) is 6. The summed E-state index contributed by atoms with van der Waals surface area (Å²) in [5.74, 6) is -0.887. The molecule has 0 spiro atoms. The van der Waals surface area contributed by atoms with Crippen LogP contribution in [0.25, 0.3) is 0 Å². The minimum atomic E-state index is -0.781. The highest BCUT2D eigenvalue weighted by atomic mass is 16.6. The Kier molecular flexibility index (Phi) is 51.8. The molecule has 0 amide bonds. The maximum atomic E-state index is 12.8. The van der Waals surface area contributed by atoms with Crippen molar-refractivity contribution in [2.75, 3.05) is 13.2 Å². The van der Waals surface area contributed by atoms with E-state index in [-0.39, 0.29) is 31.1 Å². The maximum absolute atomic E-state index is 12.8. The van der Waals surface area contributed by atoms with E-state index in [9.17, 15) is 14.4 Å². The molecule has 6 heteroatoms. The number of esters is 3. The van der Waals surface area contributed by atoms with Crippen LogP contribution in [-0.2, 0) is 28.6 Å². The van der Waals surface area contributed by atoms with Gasteiger partial charge in [-0.2, -0.15) is 0 Å². The third kappa shape index (κ3) is 52.2. The van der Waals surface area contributed by atoms with E-state index in [0.29, 0.717) is 19.3 Å². The molecule has 0 aliphatic rings. The van der Waals surface area contributed by atoms with Crippen LogP contribution in [0, 0.1) is 0 Å². The number of rotatable bonds is 51. The van der Waals surface area contributed by atoms with Gasteiger partial charge in [-0.3, -0.25) is 14.4 Å². The predicted molar refractivity (Wildman–Crippen MR) is 279 cm³/mol. The van der Waals surface area contributed by atoms with E-state index < -0.39 is 6.10 Å². The zero-order chi connectivity index (χ0) is 47.2. The molecule has 0 aromatic heterocycles. The second-order valence-electron chi connectivity index (χ2n) is 18.8. The van der Waals surface area contributed by atoms with Crippen molar-refractivity contribution < 1.29 is 28.6 Å². The highest BCUT2D eigenvalue weighted by Gasteiger charge is 2.19. The topological polar surface area (TPSA) is 78.9 Å². The lowest BCUT2D eigenvalue weighted by atomic mass is 10.0. The van der Waals surface area contributed by atoms with Gasteiger partial charge in [0, 0.05) is 19.3 Å². The first-order chi connectivity index (χ1) is 32.0. The number of carbonyl (C=O) groups excluding carboxylic acids is 3.